The van der Waals surface area contributed by atoms with Gasteiger partial charge in [0.2, 0.25) is 0 Å². The van der Waals surface area contributed by atoms with Crippen molar-refractivity contribution in [1.29, 1.82) is 0 Å². The van der Waals surface area contributed by atoms with Gasteiger partial charge in [-0.25, -0.2) is 4.79 Å². The Morgan fingerprint density at radius 1 is 1.45 bits per heavy atom. The van der Waals surface area contributed by atoms with Crippen molar-refractivity contribution in [3.05, 3.63) is 34.6 Å². The van der Waals surface area contributed by atoms with Crippen LogP contribution in [0, 0.1) is 5.92 Å². The Balaban J connectivity index is 2.85. The Morgan fingerprint density at radius 2 is 2.09 bits per heavy atom. The Kier molecular flexibility index (Phi) is 7.47. The largest absolute Gasteiger partial charge is 0.396 e. The Labute approximate surface area is 129 Å². The molecule has 0 spiro atoms. The van der Waals surface area contributed by atoms with Crippen molar-refractivity contribution in [1.82, 2.24) is 9.55 Å². The van der Waals surface area contributed by atoms with Crippen LogP contribution < -0.4 is 11.4 Å². The van der Waals surface area contributed by atoms with Crippen molar-refractivity contribution < 1.29 is 18.7 Å². The van der Waals surface area contributed by atoms with Crippen molar-refractivity contribution in [2.45, 2.75) is 20.4 Å². The van der Waals surface area contributed by atoms with Gasteiger partial charge in [-0.15, -0.1) is 0 Å². The van der Waals surface area contributed by atoms with Gasteiger partial charge >= 0.3 is 13.3 Å². The number of hydrogen-bond acceptors (Lipinski definition) is 7. The summed E-state index contributed by atoms with van der Waals surface area (Å²) in [6, 6.07) is 1.49. The van der Waals surface area contributed by atoms with Gasteiger partial charge in [0, 0.05) is 24.5 Å². The highest BCUT2D eigenvalue weighted by Gasteiger charge is 2.20. The zero-order chi connectivity index (χ0) is 16.6. The minimum Gasteiger partial charge on any atom is -0.396 e. The van der Waals surface area contributed by atoms with Crippen LogP contribution in [0.25, 0.3) is 0 Å². The maximum atomic E-state index is 12.3. The molecule has 1 aromatic rings. The Hall–Kier alpha value is -1.47. The molecule has 124 valence electrons. The molecular formula is C13H22N3O5P. The van der Waals surface area contributed by atoms with Crippen molar-refractivity contribution in [2.24, 2.45) is 5.92 Å². The fourth-order valence-corrected chi connectivity index (χ4v) is 3.14. The number of nitrogens with two attached hydrogens (primary N) is 1. The normalized spacial score (nSPS) is 13.6. The molecule has 1 heterocycles. The second kappa shape index (κ2) is 8.85. The number of anilines is 1. The second-order valence-electron chi connectivity index (χ2n) is 4.45. The molecule has 0 aliphatic rings. The van der Waals surface area contributed by atoms with Crippen LogP contribution in [0.1, 0.15) is 13.8 Å². The van der Waals surface area contributed by atoms with Gasteiger partial charge in [0.1, 0.15) is 5.82 Å². The number of hydrogen-bond donors (Lipinski definition) is 2. The zero-order valence-electron chi connectivity index (χ0n) is 12.7. The van der Waals surface area contributed by atoms with Gasteiger partial charge in [-0.2, -0.15) is 4.98 Å². The fourth-order valence-electron chi connectivity index (χ4n) is 1.72. The van der Waals surface area contributed by atoms with Crippen LogP contribution in [-0.4, -0.2) is 34.5 Å². The highest BCUT2D eigenvalue weighted by Crippen LogP contribution is 2.49. The monoisotopic (exact) mass is 331 g/mol. The molecule has 1 unspecified atom stereocenters. The van der Waals surface area contributed by atoms with E-state index in [4.69, 9.17) is 14.8 Å². The number of nitrogens with zero attached hydrogens (tertiary/aromatic N) is 2. The van der Waals surface area contributed by atoms with Gasteiger partial charge in [0.15, 0.2) is 0 Å². The zero-order valence-corrected chi connectivity index (χ0v) is 13.6. The number of nitrogen functional groups attached to an aromatic ring is 1. The van der Waals surface area contributed by atoms with E-state index in [0.29, 0.717) is 0 Å². The first-order chi connectivity index (χ1) is 10.4. The molecule has 0 radical (unpaired) electrons. The van der Waals surface area contributed by atoms with E-state index < -0.39 is 19.2 Å². The summed E-state index contributed by atoms with van der Waals surface area (Å²) in [5, 5.41) is 9.41. The van der Waals surface area contributed by atoms with Crippen molar-refractivity contribution in [3.63, 3.8) is 0 Å². The molecule has 1 atom stereocenters. The highest BCUT2D eigenvalue weighted by atomic mass is 31.2. The lowest BCUT2D eigenvalue weighted by Crippen LogP contribution is -2.27. The van der Waals surface area contributed by atoms with E-state index in [1.54, 1.807) is 13.8 Å². The molecule has 0 aliphatic heterocycles. The van der Waals surface area contributed by atoms with Crippen LogP contribution in [0.2, 0.25) is 0 Å². The number of aromatic nitrogens is 2. The lowest BCUT2D eigenvalue weighted by molar-refractivity contribution is 0.226. The van der Waals surface area contributed by atoms with Crippen molar-refractivity contribution >= 4 is 13.4 Å². The van der Waals surface area contributed by atoms with E-state index in [-0.39, 0.29) is 32.2 Å². The van der Waals surface area contributed by atoms with E-state index in [2.05, 4.69) is 4.98 Å². The third kappa shape index (κ3) is 5.73. The Bertz CT molecular complexity index is 592. The summed E-state index contributed by atoms with van der Waals surface area (Å²) in [4.78, 5) is 15.3. The number of aliphatic hydroxyl groups excluding tert-OH is 1. The quantitative estimate of drug-likeness (QED) is 0.653. The number of rotatable bonds is 9. The summed E-state index contributed by atoms with van der Waals surface area (Å²) in [6.07, 6.45) is 3.01. The van der Waals surface area contributed by atoms with Gasteiger partial charge in [-0.05, 0) is 19.9 Å². The van der Waals surface area contributed by atoms with Gasteiger partial charge in [-0.3, -0.25) is 9.13 Å². The summed E-state index contributed by atoms with van der Waals surface area (Å²) in [6.45, 7) is 3.85. The fraction of sp³-hybridized carbons (Fsp3) is 0.538. The maximum Gasteiger partial charge on any atom is 0.353 e. The van der Waals surface area contributed by atoms with Crippen LogP contribution in [0.5, 0.6) is 0 Å². The van der Waals surface area contributed by atoms with E-state index in [0.717, 1.165) is 0 Å². The molecule has 9 heteroatoms. The van der Waals surface area contributed by atoms with Crippen molar-refractivity contribution in [3.8, 4) is 0 Å². The summed E-state index contributed by atoms with van der Waals surface area (Å²) < 4.78 is 23.8. The SMILES string of the molecule is CCOP(=O)(/C=C/C(CO)Cn1ccc(N)nc1=O)OCC. The van der Waals surface area contributed by atoms with Gasteiger partial charge in [0.25, 0.3) is 0 Å². The summed E-state index contributed by atoms with van der Waals surface area (Å²) >= 11 is 0. The molecule has 3 N–H and O–H groups in total. The van der Waals surface area contributed by atoms with Crippen LogP contribution >= 0.6 is 7.60 Å². The third-order valence-corrected chi connectivity index (χ3v) is 4.49. The summed E-state index contributed by atoms with van der Waals surface area (Å²) in [7, 11) is -3.33. The lowest BCUT2D eigenvalue weighted by Gasteiger charge is -2.15. The third-order valence-electron chi connectivity index (χ3n) is 2.72. The van der Waals surface area contributed by atoms with E-state index in [1.165, 1.54) is 28.7 Å². The molecule has 22 heavy (non-hydrogen) atoms. The predicted octanol–water partition coefficient (Wildman–Crippen LogP) is 1.21. The van der Waals surface area contributed by atoms with Crippen LogP contribution in [0.4, 0.5) is 5.82 Å². The van der Waals surface area contributed by atoms with Gasteiger partial charge in [-0.1, -0.05) is 6.08 Å². The maximum absolute atomic E-state index is 12.3. The molecule has 0 saturated carbocycles. The first-order valence-electron chi connectivity index (χ1n) is 6.96. The van der Waals surface area contributed by atoms with E-state index in [9.17, 15) is 14.5 Å². The predicted molar refractivity (Wildman–Crippen MR) is 83.5 cm³/mol. The topological polar surface area (TPSA) is 117 Å². The van der Waals surface area contributed by atoms with E-state index >= 15 is 0 Å². The van der Waals surface area contributed by atoms with Gasteiger partial charge in [0.05, 0.1) is 19.8 Å². The lowest BCUT2D eigenvalue weighted by atomic mass is 10.1. The molecule has 0 fully saturated rings. The molecular weight excluding hydrogens is 309 g/mol. The smallest absolute Gasteiger partial charge is 0.353 e. The molecule has 1 rings (SSSR count). The summed E-state index contributed by atoms with van der Waals surface area (Å²) in [5.41, 5.74) is 4.91. The summed E-state index contributed by atoms with van der Waals surface area (Å²) in [5.74, 6) is 1.02. The molecule has 0 aromatic carbocycles. The molecule has 8 nitrogen and oxygen atoms in total. The first kappa shape index (κ1) is 18.6. The first-order valence-corrected chi connectivity index (χ1v) is 8.57. The molecule has 0 aliphatic carbocycles. The average molecular weight is 331 g/mol. The minimum atomic E-state index is -3.33. The molecule has 0 bridgehead atoms. The molecule has 0 saturated heterocycles. The average Bonchev–Trinajstić information content (AvgIpc) is 2.46. The molecule has 1 aromatic heterocycles. The Morgan fingerprint density at radius 3 is 2.59 bits per heavy atom. The minimum absolute atomic E-state index is 0.134. The highest BCUT2D eigenvalue weighted by molar-refractivity contribution is 7.57. The van der Waals surface area contributed by atoms with Crippen molar-refractivity contribution in [2.75, 3.05) is 25.6 Å². The van der Waals surface area contributed by atoms with Crippen LogP contribution in [-0.2, 0) is 20.2 Å². The van der Waals surface area contributed by atoms with Crippen LogP contribution in [0.3, 0.4) is 0 Å². The molecule has 0 amide bonds. The van der Waals surface area contributed by atoms with E-state index in [1.807, 2.05) is 0 Å². The number of aliphatic hydroxyl groups is 1. The van der Waals surface area contributed by atoms with Gasteiger partial charge < -0.3 is 19.9 Å². The standard InChI is InChI=1S/C13H22N3O5P/c1-3-20-22(19,21-4-2)8-6-11(10-17)9-16-7-5-12(14)15-13(16)18/h5-8,11,17H,3-4,9-10H2,1-2H3,(H2,14,15,18)/b8-6+. The second-order valence-corrected chi connectivity index (χ2v) is 6.34. The van der Waals surface area contributed by atoms with Crippen LogP contribution in [0.15, 0.2) is 29.0 Å².